The van der Waals surface area contributed by atoms with E-state index >= 15 is 0 Å². The van der Waals surface area contributed by atoms with Crippen LogP contribution in [0.1, 0.15) is 5.56 Å². The molecule has 0 heterocycles. The van der Waals surface area contributed by atoms with Crippen molar-refractivity contribution in [3.8, 4) is 5.75 Å². The zero-order valence-corrected chi connectivity index (χ0v) is 10.3. The molecule has 0 bridgehead atoms. The molecule has 0 N–H and O–H groups in total. The van der Waals surface area contributed by atoms with E-state index < -0.39 is 19.0 Å². The summed E-state index contributed by atoms with van der Waals surface area (Å²) in [6, 6.07) is 5.93. The maximum Gasteiger partial charge on any atom is 0.340 e. The van der Waals surface area contributed by atoms with Crippen LogP contribution >= 0.6 is 0 Å². The number of carbonyl (C=O) groups is 1. The summed E-state index contributed by atoms with van der Waals surface area (Å²) in [5.41, 5.74) is 0.744. The van der Waals surface area contributed by atoms with Gasteiger partial charge in [-0.3, -0.25) is 4.79 Å². The Hall–Kier alpha value is -2.11. The number of halogens is 4. The first-order chi connectivity index (χ1) is 9.45. The van der Waals surface area contributed by atoms with Crippen molar-refractivity contribution in [1.82, 2.24) is 0 Å². The molecule has 0 aliphatic heterocycles. The van der Waals surface area contributed by atoms with Gasteiger partial charge in [-0.1, -0.05) is 30.4 Å². The summed E-state index contributed by atoms with van der Waals surface area (Å²) < 4.78 is 53.7. The highest BCUT2D eigenvalue weighted by molar-refractivity contribution is 5.66. The lowest BCUT2D eigenvalue weighted by Gasteiger charge is -2.15. The number of carbonyl (C=O) groups excluding carboxylic acids is 1. The first-order valence-electron chi connectivity index (χ1n) is 5.63. The molecule has 0 unspecified atom stereocenters. The molecule has 0 aliphatic carbocycles. The van der Waals surface area contributed by atoms with Crippen LogP contribution in [0.3, 0.4) is 0 Å². The predicted octanol–water partition coefficient (Wildman–Crippen LogP) is 3.73. The van der Waals surface area contributed by atoms with Gasteiger partial charge in [0.2, 0.25) is 0 Å². The Kier molecular flexibility index (Phi) is 5.96. The van der Waals surface area contributed by atoms with E-state index in [0.717, 1.165) is 5.56 Å². The van der Waals surface area contributed by atoms with Gasteiger partial charge >= 0.3 is 12.3 Å². The number of ether oxygens (including phenoxy) is 1. The van der Waals surface area contributed by atoms with Gasteiger partial charge < -0.3 is 4.74 Å². The monoisotopic (exact) mass is 288 g/mol. The summed E-state index contributed by atoms with van der Waals surface area (Å²) in [5, 5.41) is 0. The van der Waals surface area contributed by atoms with Gasteiger partial charge in [0.25, 0.3) is 0 Å². The number of allylic oxidation sites excluding steroid dienone is 3. The van der Waals surface area contributed by atoms with Crippen molar-refractivity contribution in [3.05, 3.63) is 48.1 Å². The Labute approximate surface area is 113 Å². The van der Waals surface area contributed by atoms with Crippen LogP contribution in [0, 0.1) is 0 Å². The van der Waals surface area contributed by atoms with Crippen molar-refractivity contribution >= 4 is 12.4 Å². The van der Waals surface area contributed by atoms with E-state index in [0.29, 0.717) is 6.29 Å². The first kappa shape index (κ1) is 15.9. The molecular weight excluding hydrogens is 276 g/mol. The zero-order chi connectivity index (χ0) is 15.0. The molecular formula is C14H12F4O2. The minimum atomic E-state index is -4.17. The van der Waals surface area contributed by atoms with Crippen LogP contribution in [-0.4, -0.2) is 25.2 Å². The van der Waals surface area contributed by atoms with Crippen LogP contribution in [-0.2, 0) is 4.79 Å². The third-order valence-corrected chi connectivity index (χ3v) is 2.22. The fourth-order valence-corrected chi connectivity index (χ4v) is 1.19. The molecule has 2 nitrogen and oxygen atoms in total. The first-order valence-corrected chi connectivity index (χ1v) is 5.63. The van der Waals surface area contributed by atoms with Crippen molar-refractivity contribution in [2.45, 2.75) is 12.3 Å². The van der Waals surface area contributed by atoms with E-state index in [2.05, 4.69) is 4.74 Å². The van der Waals surface area contributed by atoms with E-state index in [4.69, 9.17) is 0 Å². The topological polar surface area (TPSA) is 26.3 Å². The third kappa shape index (κ3) is 5.26. The van der Waals surface area contributed by atoms with Gasteiger partial charge in [0.1, 0.15) is 12.0 Å². The fraction of sp³-hybridized carbons (Fsp3) is 0.214. The Bertz CT molecular complexity index is 478. The smallest absolute Gasteiger partial charge is 0.340 e. The highest BCUT2D eigenvalue weighted by atomic mass is 19.3. The Morgan fingerprint density at radius 3 is 2.30 bits per heavy atom. The highest BCUT2D eigenvalue weighted by Crippen LogP contribution is 2.24. The molecule has 0 saturated carbocycles. The molecule has 1 rings (SSSR count). The molecule has 0 aliphatic rings. The van der Waals surface area contributed by atoms with E-state index in [1.807, 2.05) is 0 Å². The van der Waals surface area contributed by atoms with Crippen molar-refractivity contribution in [1.29, 1.82) is 0 Å². The van der Waals surface area contributed by atoms with Gasteiger partial charge in [0.15, 0.2) is 6.61 Å². The largest absolute Gasteiger partial charge is 0.487 e. The summed E-state index contributed by atoms with van der Waals surface area (Å²) in [5.74, 6) is -4.09. The Morgan fingerprint density at radius 2 is 1.75 bits per heavy atom. The lowest BCUT2D eigenvalue weighted by Crippen LogP contribution is -2.33. The molecule has 6 heteroatoms. The summed E-state index contributed by atoms with van der Waals surface area (Å²) in [4.78, 5) is 10.0. The molecule has 0 aromatic heterocycles. The summed E-state index contributed by atoms with van der Waals surface area (Å²) in [6.45, 7) is -1.37. The maximum atomic E-state index is 12.6. The molecule has 0 saturated heterocycles. The normalized spacial score (nSPS) is 12.4. The van der Waals surface area contributed by atoms with Crippen LogP contribution in [0.4, 0.5) is 17.6 Å². The van der Waals surface area contributed by atoms with Crippen LogP contribution in [0.5, 0.6) is 5.75 Å². The second kappa shape index (κ2) is 7.47. The average molecular weight is 288 g/mol. The van der Waals surface area contributed by atoms with Gasteiger partial charge in [0, 0.05) is 0 Å². The Morgan fingerprint density at radius 1 is 1.10 bits per heavy atom. The van der Waals surface area contributed by atoms with Gasteiger partial charge in [-0.05, 0) is 23.8 Å². The van der Waals surface area contributed by atoms with Crippen LogP contribution in [0.2, 0.25) is 0 Å². The van der Waals surface area contributed by atoms with Crippen LogP contribution in [0.15, 0.2) is 42.5 Å². The van der Waals surface area contributed by atoms with Gasteiger partial charge in [-0.2, -0.15) is 8.78 Å². The summed E-state index contributed by atoms with van der Waals surface area (Å²) >= 11 is 0. The molecule has 0 spiro atoms. The molecule has 0 amide bonds. The van der Waals surface area contributed by atoms with E-state index in [-0.39, 0.29) is 5.75 Å². The predicted molar refractivity (Wildman–Crippen MR) is 67.1 cm³/mol. The van der Waals surface area contributed by atoms with Crippen molar-refractivity contribution in [3.63, 3.8) is 0 Å². The van der Waals surface area contributed by atoms with Crippen molar-refractivity contribution in [2.24, 2.45) is 0 Å². The molecule has 1 aromatic carbocycles. The number of aldehydes is 1. The second-order valence-corrected chi connectivity index (χ2v) is 3.80. The number of hydrogen-bond donors (Lipinski definition) is 0. The van der Waals surface area contributed by atoms with E-state index in [1.54, 1.807) is 24.3 Å². The SMILES string of the molecule is O=C/C=C/C=Cc1ccc(OCC(F)(F)C(F)F)cc1. The number of alkyl halides is 4. The molecule has 0 atom stereocenters. The highest BCUT2D eigenvalue weighted by Gasteiger charge is 2.41. The number of rotatable bonds is 7. The van der Waals surface area contributed by atoms with E-state index in [1.165, 1.54) is 24.3 Å². The lowest BCUT2D eigenvalue weighted by molar-refractivity contribution is -0.148. The van der Waals surface area contributed by atoms with Crippen molar-refractivity contribution < 1.29 is 27.1 Å². The van der Waals surface area contributed by atoms with Gasteiger partial charge in [-0.15, -0.1) is 0 Å². The summed E-state index contributed by atoms with van der Waals surface area (Å²) in [6.07, 6.45) is 3.01. The quantitative estimate of drug-likeness (QED) is 0.331. The summed E-state index contributed by atoms with van der Waals surface area (Å²) in [7, 11) is 0. The maximum absolute atomic E-state index is 12.6. The van der Waals surface area contributed by atoms with Crippen LogP contribution in [0.25, 0.3) is 6.08 Å². The Balaban J connectivity index is 2.57. The molecule has 1 aromatic rings. The third-order valence-electron chi connectivity index (χ3n) is 2.22. The number of hydrogen-bond acceptors (Lipinski definition) is 2. The van der Waals surface area contributed by atoms with Crippen molar-refractivity contribution in [2.75, 3.05) is 6.61 Å². The lowest BCUT2D eigenvalue weighted by atomic mass is 10.2. The molecule has 20 heavy (non-hydrogen) atoms. The second-order valence-electron chi connectivity index (χ2n) is 3.80. The molecule has 0 radical (unpaired) electrons. The van der Waals surface area contributed by atoms with Gasteiger partial charge in [0.05, 0.1) is 0 Å². The average Bonchev–Trinajstić information content (AvgIpc) is 2.42. The van der Waals surface area contributed by atoms with Crippen LogP contribution < -0.4 is 4.74 Å². The zero-order valence-electron chi connectivity index (χ0n) is 10.3. The number of benzene rings is 1. The van der Waals surface area contributed by atoms with Gasteiger partial charge in [-0.25, -0.2) is 8.78 Å². The fourth-order valence-electron chi connectivity index (χ4n) is 1.19. The molecule has 0 fully saturated rings. The minimum absolute atomic E-state index is 0.0749. The molecule has 108 valence electrons. The minimum Gasteiger partial charge on any atom is -0.487 e. The van der Waals surface area contributed by atoms with E-state index in [9.17, 15) is 22.4 Å². The standard InChI is InChI=1S/C14H12F4O2/c15-13(16)14(17,18)10-20-12-7-5-11(6-8-12)4-2-1-3-9-19/h1-9,13H,10H2/b3-1+,4-2?.